The van der Waals surface area contributed by atoms with Gasteiger partial charge >= 0.3 is 5.97 Å². The number of carbonyl (C=O) groups excluding carboxylic acids is 2. The number of ether oxygens (including phenoxy) is 1. The van der Waals surface area contributed by atoms with Gasteiger partial charge in [-0.25, -0.2) is 4.98 Å². The minimum atomic E-state index is -1.25. The molecule has 8 nitrogen and oxygen atoms in total. The molecule has 2 heterocycles. The summed E-state index contributed by atoms with van der Waals surface area (Å²) in [6.07, 6.45) is 2.01. The molecule has 3 rings (SSSR count). The maximum absolute atomic E-state index is 13.2. The Labute approximate surface area is 212 Å². The molecule has 0 bridgehead atoms. The van der Waals surface area contributed by atoms with Crippen LogP contribution in [-0.2, 0) is 20.9 Å². The summed E-state index contributed by atoms with van der Waals surface area (Å²) in [4.78, 5) is 30.5. The molecule has 0 amide bonds. The second-order valence-electron chi connectivity index (χ2n) is 10.8. The van der Waals surface area contributed by atoms with Gasteiger partial charge in [-0.15, -0.1) is 0 Å². The van der Waals surface area contributed by atoms with E-state index < -0.39 is 35.6 Å². The van der Waals surface area contributed by atoms with E-state index in [0.717, 1.165) is 30.4 Å². The van der Waals surface area contributed by atoms with E-state index in [0.29, 0.717) is 23.4 Å². The van der Waals surface area contributed by atoms with E-state index in [1.54, 1.807) is 26.8 Å². The van der Waals surface area contributed by atoms with E-state index in [2.05, 4.69) is 11.1 Å². The predicted octanol–water partition coefficient (Wildman–Crippen LogP) is 4.37. The first kappa shape index (κ1) is 28.0. The van der Waals surface area contributed by atoms with Crippen molar-refractivity contribution in [2.45, 2.75) is 91.6 Å². The Kier molecular flexibility index (Phi) is 9.08. The maximum Gasteiger partial charge on any atom is 0.309 e. The number of hydrogen-bond donors (Lipinski definition) is 3. The molecule has 1 aliphatic rings. The fourth-order valence-electron chi connectivity index (χ4n) is 4.83. The third-order valence-corrected chi connectivity index (χ3v) is 7.52. The molecular formula is C28H40N2O6. The highest BCUT2D eigenvalue weighted by molar-refractivity contribution is 5.88. The van der Waals surface area contributed by atoms with Gasteiger partial charge in [-0.1, -0.05) is 45.4 Å². The molecule has 1 aliphatic heterocycles. The summed E-state index contributed by atoms with van der Waals surface area (Å²) in [5, 5.41) is 21.7. The van der Waals surface area contributed by atoms with Crippen LogP contribution < -0.4 is 5.73 Å². The monoisotopic (exact) mass is 500 g/mol. The number of cyclic esters (lactones) is 1. The van der Waals surface area contributed by atoms with E-state index in [9.17, 15) is 19.8 Å². The molecule has 0 unspecified atom stereocenters. The number of Topliss-reactive ketones (excluding diaryl/α,β-unsaturated/α-hetero) is 1. The molecule has 4 N–H and O–H groups in total. The van der Waals surface area contributed by atoms with Gasteiger partial charge in [0.1, 0.15) is 17.4 Å². The second kappa shape index (κ2) is 11.7. The largest absolute Gasteiger partial charge is 0.457 e. The first-order valence-electron chi connectivity index (χ1n) is 12.8. The number of ketones is 1. The van der Waals surface area contributed by atoms with Gasteiger partial charge in [0.25, 0.3) is 0 Å². The summed E-state index contributed by atoms with van der Waals surface area (Å²) in [6, 6.07) is 5.44. The standard InChI is InChI=1S/C28H40N2O6/c1-16-7-6-8-17(2)26(33)18(3)27(34)28(4,5)23(31)14-25(32)36-21(11-9-16)19-10-12-22-20(13-19)30-24(15-29)35-22/h9-10,12-13,17-18,21,23,26,31,33H,6-8,11,14-15,29H2,1-5H3/t17-,18+,21-,23-,26-/m0/s1. The molecule has 0 saturated heterocycles. The molecule has 0 fully saturated rings. The number of esters is 1. The second-order valence-corrected chi connectivity index (χ2v) is 10.8. The SMILES string of the molecule is CC1=CC[C@@H](c2ccc3oc(CN)nc3c2)OC(=O)C[C@H](O)C(C)(C)C(=O)[C@H](C)[C@@H](O)[C@@H](C)CCC1. The molecular weight excluding hydrogens is 460 g/mol. The lowest BCUT2D eigenvalue weighted by Gasteiger charge is -2.34. The molecule has 198 valence electrons. The van der Waals surface area contributed by atoms with Crippen LogP contribution in [0.4, 0.5) is 0 Å². The Balaban J connectivity index is 1.91. The van der Waals surface area contributed by atoms with Gasteiger partial charge in [-0.2, -0.15) is 0 Å². The highest BCUT2D eigenvalue weighted by atomic mass is 16.5. The summed E-state index contributed by atoms with van der Waals surface area (Å²) in [5.41, 5.74) is 7.57. The molecule has 36 heavy (non-hydrogen) atoms. The zero-order valence-electron chi connectivity index (χ0n) is 22.0. The smallest absolute Gasteiger partial charge is 0.309 e. The summed E-state index contributed by atoms with van der Waals surface area (Å²) < 4.78 is 11.4. The summed E-state index contributed by atoms with van der Waals surface area (Å²) in [7, 11) is 0. The number of aliphatic hydroxyl groups excluding tert-OH is 2. The summed E-state index contributed by atoms with van der Waals surface area (Å²) >= 11 is 0. The first-order valence-corrected chi connectivity index (χ1v) is 12.8. The number of hydrogen-bond acceptors (Lipinski definition) is 8. The molecule has 5 atom stereocenters. The van der Waals surface area contributed by atoms with Crippen LogP contribution in [0.15, 0.2) is 34.3 Å². The Morgan fingerprint density at radius 1 is 1.19 bits per heavy atom. The molecule has 2 aromatic rings. The quantitative estimate of drug-likeness (QED) is 0.408. The van der Waals surface area contributed by atoms with Crippen molar-refractivity contribution in [1.29, 1.82) is 0 Å². The Bertz CT molecular complexity index is 1100. The van der Waals surface area contributed by atoms with E-state index in [-0.39, 0.29) is 24.7 Å². The lowest BCUT2D eigenvalue weighted by molar-refractivity contribution is -0.155. The predicted molar refractivity (Wildman–Crippen MR) is 137 cm³/mol. The lowest BCUT2D eigenvalue weighted by Crippen LogP contribution is -2.45. The number of nitrogens with two attached hydrogens (primary N) is 1. The van der Waals surface area contributed by atoms with Gasteiger partial charge in [0, 0.05) is 12.3 Å². The van der Waals surface area contributed by atoms with E-state index in [1.807, 2.05) is 26.0 Å². The number of rotatable bonds is 2. The molecule has 0 saturated carbocycles. The molecule has 0 radical (unpaired) electrons. The van der Waals surface area contributed by atoms with Crippen molar-refractivity contribution in [3.05, 3.63) is 41.3 Å². The average molecular weight is 501 g/mol. The zero-order chi connectivity index (χ0) is 26.6. The van der Waals surface area contributed by atoms with Crippen LogP contribution in [0.25, 0.3) is 11.1 Å². The van der Waals surface area contributed by atoms with Crippen LogP contribution >= 0.6 is 0 Å². The summed E-state index contributed by atoms with van der Waals surface area (Å²) in [5.74, 6) is -1.17. The van der Waals surface area contributed by atoms with Crippen molar-refractivity contribution in [3.8, 4) is 0 Å². The van der Waals surface area contributed by atoms with Crippen molar-refractivity contribution >= 4 is 22.9 Å². The minimum Gasteiger partial charge on any atom is -0.457 e. The van der Waals surface area contributed by atoms with E-state index in [4.69, 9.17) is 14.9 Å². The van der Waals surface area contributed by atoms with Crippen molar-refractivity contribution in [1.82, 2.24) is 4.98 Å². The topological polar surface area (TPSA) is 136 Å². The first-order chi connectivity index (χ1) is 16.9. The maximum atomic E-state index is 13.2. The van der Waals surface area contributed by atoms with E-state index in [1.165, 1.54) is 0 Å². The molecule has 0 aliphatic carbocycles. The highest BCUT2D eigenvalue weighted by Crippen LogP contribution is 2.33. The number of benzene rings is 1. The van der Waals surface area contributed by atoms with Crippen molar-refractivity contribution in [3.63, 3.8) is 0 Å². The number of aromatic nitrogens is 1. The van der Waals surface area contributed by atoms with Crippen LogP contribution in [-0.4, -0.2) is 39.2 Å². The van der Waals surface area contributed by atoms with Gasteiger partial charge in [0.15, 0.2) is 5.58 Å². The number of aliphatic hydroxyl groups is 2. The Morgan fingerprint density at radius 2 is 1.92 bits per heavy atom. The summed E-state index contributed by atoms with van der Waals surface area (Å²) in [6.45, 7) is 9.09. The molecule has 0 spiro atoms. The fraction of sp³-hybridized carbons (Fsp3) is 0.607. The van der Waals surface area contributed by atoms with Gasteiger partial charge in [-0.3, -0.25) is 9.59 Å². The van der Waals surface area contributed by atoms with Gasteiger partial charge in [-0.05, 0) is 49.8 Å². The third-order valence-electron chi connectivity index (χ3n) is 7.52. The number of carbonyl (C=O) groups is 2. The molecule has 1 aromatic carbocycles. The van der Waals surface area contributed by atoms with E-state index >= 15 is 0 Å². The number of nitrogens with zero attached hydrogens (tertiary/aromatic N) is 1. The third kappa shape index (κ3) is 6.41. The van der Waals surface area contributed by atoms with Crippen LogP contribution in [0, 0.1) is 17.3 Å². The van der Waals surface area contributed by atoms with Crippen LogP contribution in [0.1, 0.15) is 84.3 Å². The van der Waals surface area contributed by atoms with Crippen LogP contribution in [0.5, 0.6) is 0 Å². The van der Waals surface area contributed by atoms with Crippen molar-refractivity contribution < 1.29 is 29.0 Å². The number of fused-ring (bicyclic) bond motifs is 1. The van der Waals surface area contributed by atoms with Gasteiger partial charge in [0.05, 0.1) is 30.6 Å². The fourth-order valence-corrected chi connectivity index (χ4v) is 4.83. The normalized spacial score (nSPS) is 29.1. The average Bonchev–Trinajstić information content (AvgIpc) is 3.26. The number of allylic oxidation sites excluding steroid dienone is 1. The number of oxazole rings is 1. The van der Waals surface area contributed by atoms with Crippen molar-refractivity contribution in [2.24, 2.45) is 23.0 Å². The highest BCUT2D eigenvalue weighted by Gasteiger charge is 2.42. The van der Waals surface area contributed by atoms with Crippen LogP contribution in [0.2, 0.25) is 0 Å². The molecule has 8 heteroatoms. The zero-order valence-corrected chi connectivity index (χ0v) is 22.0. The minimum absolute atomic E-state index is 0.0667. The van der Waals surface area contributed by atoms with Crippen molar-refractivity contribution in [2.75, 3.05) is 0 Å². The molecule has 1 aromatic heterocycles. The van der Waals surface area contributed by atoms with Crippen LogP contribution in [0.3, 0.4) is 0 Å². The van der Waals surface area contributed by atoms with Gasteiger partial charge in [0.2, 0.25) is 5.89 Å². The van der Waals surface area contributed by atoms with Gasteiger partial charge < -0.3 is 25.1 Å². The lowest BCUT2D eigenvalue weighted by atomic mass is 9.73. The Morgan fingerprint density at radius 3 is 2.61 bits per heavy atom. The Hall–Kier alpha value is -2.55.